The van der Waals surface area contributed by atoms with Gasteiger partial charge in [0.05, 0.1) is 5.56 Å². The van der Waals surface area contributed by atoms with E-state index < -0.39 is 0 Å². The number of benzene rings is 2. The van der Waals surface area contributed by atoms with Crippen LogP contribution < -0.4 is 5.32 Å². The second-order valence-corrected chi connectivity index (χ2v) is 6.42. The van der Waals surface area contributed by atoms with Gasteiger partial charge in [0.15, 0.2) is 5.78 Å². The molecule has 0 saturated carbocycles. The van der Waals surface area contributed by atoms with E-state index in [0.29, 0.717) is 23.2 Å². The molecule has 0 fully saturated rings. The van der Waals surface area contributed by atoms with Crippen molar-refractivity contribution in [1.29, 1.82) is 0 Å². The average Bonchev–Trinajstić information content (AvgIpc) is 3.33. The third kappa shape index (κ3) is 4.11. The smallest absolute Gasteiger partial charge is 0.252 e. The van der Waals surface area contributed by atoms with E-state index in [1.807, 2.05) is 24.4 Å². The normalized spacial score (nSPS) is 10.5. The molecule has 6 nitrogen and oxygen atoms in total. The molecule has 0 aliphatic heterocycles. The lowest BCUT2D eigenvalue weighted by molar-refractivity contribution is 0.0939. The van der Waals surface area contributed by atoms with Gasteiger partial charge in [0.25, 0.3) is 5.91 Å². The number of nitrogens with zero attached hydrogens (tertiary/aromatic N) is 3. The molecule has 142 valence electrons. The van der Waals surface area contributed by atoms with Crippen LogP contribution in [-0.2, 0) is 6.54 Å². The van der Waals surface area contributed by atoms with Crippen LogP contribution in [0.4, 0.5) is 0 Å². The molecule has 0 spiro atoms. The summed E-state index contributed by atoms with van der Waals surface area (Å²) in [5.74, 6) is 0.266. The molecule has 29 heavy (non-hydrogen) atoms. The van der Waals surface area contributed by atoms with Gasteiger partial charge < -0.3 is 5.32 Å². The quantitative estimate of drug-likeness (QED) is 0.518. The molecule has 2 heterocycles. The van der Waals surface area contributed by atoms with Crippen LogP contribution in [0, 0.1) is 0 Å². The molecule has 2 aromatic heterocycles. The predicted octanol–water partition coefficient (Wildman–Crippen LogP) is 3.43. The number of pyridine rings is 1. The summed E-state index contributed by atoms with van der Waals surface area (Å²) in [6.45, 7) is 0.309. The van der Waals surface area contributed by atoms with Crippen LogP contribution in [0.5, 0.6) is 0 Å². The molecule has 0 atom stereocenters. The van der Waals surface area contributed by atoms with E-state index in [9.17, 15) is 9.59 Å². The number of carbonyl (C=O) groups excluding carboxylic acids is 2. The van der Waals surface area contributed by atoms with Gasteiger partial charge >= 0.3 is 0 Å². The van der Waals surface area contributed by atoms with Crippen molar-refractivity contribution in [1.82, 2.24) is 19.9 Å². The van der Waals surface area contributed by atoms with E-state index in [2.05, 4.69) is 15.3 Å². The number of aromatic nitrogens is 3. The van der Waals surface area contributed by atoms with Crippen LogP contribution in [-0.4, -0.2) is 26.2 Å². The van der Waals surface area contributed by atoms with Crippen molar-refractivity contribution in [2.75, 3.05) is 0 Å². The summed E-state index contributed by atoms with van der Waals surface area (Å²) in [6, 6.07) is 19.5. The van der Waals surface area contributed by atoms with Crippen LogP contribution >= 0.6 is 0 Å². The molecule has 0 saturated heterocycles. The number of rotatable bonds is 6. The van der Waals surface area contributed by atoms with Crippen LogP contribution in [0.15, 0.2) is 91.6 Å². The molecule has 0 aliphatic carbocycles. The van der Waals surface area contributed by atoms with Gasteiger partial charge in [-0.05, 0) is 17.7 Å². The first-order chi connectivity index (χ1) is 14.2. The molecular weight excluding hydrogens is 364 g/mol. The highest BCUT2D eigenvalue weighted by Crippen LogP contribution is 2.15. The van der Waals surface area contributed by atoms with Crippen molar-refractivity contribution in [3.05, 3.63) is 114 Å². The van der Waals surface area contributed by atoms with E-state index in [1.54, 1.807) is 71.8 Å². The first kappa shape index (κ1) is 18.3. The van der Waals surface area contributed by atoms with Crippen molar-refractivity contribution in [3.8, 4) is 5.82 Å². The van der Waals surface area contributed by atoms with Gasteiger partial charge in [0, 0.05) is 36.3 Å². The minimum Gasteiger partial charge on any atom is -0.348 e. The van der Waals surface area contributed by atoms with Gasteiger partial charge in [-0.25, -0.2) is 9.97 Å². The molecule has 0 bridgehead atoms. The Hall–Kier alpha value is -4.06. The number of nitrogens with one attached hydrogen (secondary N) is 1. The molecule has 4 aromatic rings. The zero-order valence-corrected chi connectivity index (χ0v) is 15.5. The lowest BCUT2D eigenvalue weighted by Gasteiger charge is -2.10. The second kappa shape index (κ2) is 8.31. The number of ketones is 1. The third-order valence-corrected chi connectivity index (χ3v) is 4.48. The standard InChI is InChI=1S/C23H18N4O2/c28-22(18-6-2-1-3-7-18)19-8-4-5-9-20(19)23(29)26-15-17-10-11-21(25-14-17)27-13-12-24-16-27/h1-14,16H,15H2,(H,26,29). The summed E-state index contributed by atoms with van der Waals surface area (Å²) in [6.07, 6.45) is 6.87. The molecular formula is C23H18N4O2. The molecule has 2 aromatic carbocycles. The van der Waals surface area contributed by atoms with Crippen LogP contribution in [0.1, 0.15) is 31.8 Å². The Morgan fingerprint density at radius 2 is 1.66 bits per heavy atom. The highest BCUT2D eigenvalue weighted by molar-refractivity contribution is 6.15. The van der Waals surface area contributed by atoms with Crippen molar-refractivity contribution < 1.29 is 9.59 Å². The summed E-state index contributed by atoms with van der Waals surface area (Å²) in [5, 5.41) is 2.87. The summed E-state index contributed by atoms with van der Waals surface area (Å²) in [7, 11) is 0. The van der Waals surface area contributed by atoms with E-state index in [-0.39, 0.29) is 11.7 Å². The molecule has 6 heteroatoms. The zero-order valence-electron chi connectivity index (χ0n) is 15.5. The Bertz CT molecular complexity index is 1120. The maximum atomic E-state index is 12.8. The largest absolute Gasteiger partial charge is 0.348 e. The first-order valence-electron chi connectivity index (χ1n) is 9.12. The van der Waals surface area contributed by atoms with Crippen molar-refractivity contribution in [3.63, 3.8) is 0 Å². The summed E-state index contributed by atoms with van der Waals surface area (Å²) >= 11 is 0. The lowest BCUT2D eigenvalue weighted by atomic mass is 9.98. The van der Waals surface area contributed by atoms with Gasteiger partial charge in [-0.1, -0.05) is 54.6 Å². The Morgan fingerprint density at radius 3 is 2.34 bits per heavy atom. The van der Waals surface area contributed by atoms with Gasteiger partial charge in [0.2, 0.25) is 0 Å². The van der Waals surface area contributed by atoms with E-state index in [0.717, 1.165) is 11.4 Å². The SMILES string of the molecule is O=C(NCc1ccc(-n2ccnc2)nc1)c1ccccc1C(=O)c1ccccc1. The summed E-state index contributed by atoms with van der Waals surface area (Å²) < 4.78 is 1.80. The highest BCUT2D eigenvalue weighted by atomic mass is 16.2. The van der Waals surface area contributed by atoms with E-state index in [1.165, 1.54) is 0 Å². The summed E-state index contributed by atoms with van der Waals surface area (Å²) in [4.78, 5) is 33.9. The second-order valence-electron chi connectivity index (χ2n) is 6.42. The number of hydrogen-bond donors (Lipinski definition) is 1. The van der Waals surface area contributed by atoms with Gasteiger partial charge in [-0.3, -0.25) is 14.2 Å². The van der Waals surface area contributed by atoms with E-state index in [4.69, 9.17) is 0 Å². The van der Waals surface area contributed by atoms with Gasteiger partial charge in [-0.15, -0.1) is 0 Å². The van der Waals surface area contributed by atoms with E-state index >= 15 is 0 Å². The molecule has 0 unspecified atom stereocenters. The first-order valence-corrected chi connectivity index (χ1v) is 9.12. The maximum absolute atomic E-state index is 12.8. The maximum Gasteiger partial charge on any atom is 0.252 e. The number of carbonyl (C=O) groups is 2. The third-order valence-electron chi connectivity index (χ3n) is 4.48. The number of amides is 1. The van der Waals surface area contributed by atoms with Gasteiger partial charge in [0.1, 0.15) is 12.1 Å². The van der Waals surface area contributed by atoms with Crippen LogP contribution in [0.2, 0.25) is 0 Å². The fraction of sp³-hybridized carbons (Fsp3) is 0.0435. The Kier molecular flexibility index (Phi) is 5.25. The summed E-state index contributed by atoms with van der Waals surface area (Å²) in [5.41, 5.74) is 2.13. The Morgan fingerprint density at radius 1 is 0.897 bits per heavy atom. The van der Waals surface area contributed by atoms with Crippen molar-refractivity contribution >= 4 is 11.7 Å². The van der Waals surface area contributed by atoms with Crippen LogP contribution in [0.25, 0.3) is 5.82 Å². The van der Waals surface area contributed by atoms with Gasteiger partial charge in [-0.2, -0.15) is 0 Å². The van der Waals surface area contributed by atoms with Crippen LogP contribution in [0.3, 0.4) is 0 Å². The fourth-order valence-corrected chi connectivity index (χ4v) is 2.97. The molecule has 0 aliphatic rings. The molecule has 1 amide bonds. The topological polar surface area (TPSA) is 76.9 Å². The Labute approximate surface area is 167 Å². The zero-order chi connectivity index (χ0) is 20.1. The van der Waals surface area contributed by atoms with Crippen molar-refractivity contribution in [2.24, 2.45) is 0 Å². The average molecular weight is 382 g/mol. The molecule has 1 N–H and O–H groups in total. The van der Waals surface area contributed by atoms with Crippen molar-refractivity contribution in [2.45, 2.75) is 6.54 Å². The fourth-order valence-electron chi connectivity index (χ4n) is 2.97. The Balaban J connectivity index is 1.47. The minimum atomic E-state index is -0.302. The number of hydrogen-bond acceptors (Lipinski definition) is 4. The lowest BCUT2D eigenvalue weighted by Crippen LogP contribution is -2.25. The molecule has 0 radical (unpaired) electrons. The molecule has 4 rings (SSSR count). The highest BCUT2D eigenvalue weighted by Gasteiger charge is 2.17. The minimum absolute atomic E-state index is 0.178. The number of imidazole rings is 1. The predicted molar refractivity (Wildman–Crippen MR) is 109 cm³/mol. The monoisotopic (exact) mass is 382 g/mol.